The number of rotatable bonds is 7. The van der Waals surface area contributed by atoms with Gasteiger partial charge in [0.2, 0.25) is 5.91 Å². The summed E-state index contributed by atoms with van der Waals surface area (Å²) in [6.07, 6.45) is -0.310. The third kappa shape index (κ3) is 6.38. The van der Waals surface area contributed by atoms with Crippen LogP contribution in [0.3, 0.4) is 0 Å². The molecule has 2 N–H and O–H groups in total. The molecule has 1 aromatic heterocycles. The molecular weight excluding hydrogens is 385 g/mol. The molecule has 2 amide bonds. The monoisotopic (exact) mass is 399 g/mol. The predicted molar refractivity (Wildman–Crippen MR) is 95.2 cm³/mol. The van der Waals surface area contributed by atoms with E-state index in [1.807, 2.05) is 0 Å². The minimum Gasteiger partial charge on any atom is -0.456 e. The van der Waals surface area contributed by atoms with Gasteiger partial charge in [0.15, 0.2) is 12.4 Å². The number of aryl methyl sites for hydroxylation is 1. The molecule has 26 heavy (non-hydrogen) atoms. The Morgan fingerprint density at radius 2 is 1.88 bits per heavy atom. The van der Waals surface area contributed by atoms with Gasteiger partial charge >= 0.3 is 5.97 Å². The molecule has 0 unspecified atom stereocenters. The van der Waals surface area contributed by atoms with E-state index in [0.29, 0.717) is 16.5 Å². The maximum atomic E-state index is 11.8. The Morgan fingerprint density at radius 1 is 1.12 bits per heavy atom. The number of benzene rings is 1. The summed E-state index contributed by atoms with van der Waals surface area (Å²) in [5.74, 6) is -0.918. The number of carbonyl (C=O) groups excluding carboxylic acids is 3. The highest BCUT2D eigenvalue weighted by Gasteiger charge is 2.13. The van der Waals surface area contributed by atoms with Crippen LogP contribution in [-0.4, -0.2) is 29.5 Å². The smallest absolute Gasteiger partial charge is 0.306 e. The summed E-state index contributed by atoms with van der Waals surface area (Å²) >= 11 is 11.7. The van der Waals surface area contributed by atoms with Crippen LogP contribution in [0, 0.1) is 6.92 Å². The maximum Gasteiger partial charge on any atom is 0.306 e. The van der Waals surface area contributed by atoms with E-state index in [0.717, 1.165) is 0 Å². The van der Waals surface area contributed by atoms with Gasteiger partial charge in [-0.25, -0.2) is 0 Å². The van der Waals surface area contributed by atoms with E-state index in [1.54, 1.807) is 19.1 Å². The molecule has 2 rings (SSSR count). The van der Waals surface area contributed by atoms with Crippen LogP contribution in [0.15, 0.2) is 28.8 Å². The summed E-state index contributed by atoms with van der Waals surface area (Å²) in [5, 5.41) is 9.26. The highest BCUT2D eigenvalue weighted by Crippen LogP contribution is 2.25. The summed E-state index contributed by atoms with van der Waals surface area (Å²) < 4.78 is 9.58. The zero-order chi connectivity index (χ0) is 19.1. The van der Waals surface area contributed by atoms with Gasteiger partial charge in [-0.05, 0) is 25.1 Å². The second kappa shape index (κ2) is 9.21. The molecule has 138 valence electrons. The fourth-order valence-corrected chi connectivity index (χ4v) is 2.30. The van der Waals surface area contributed by atoms with Gasteiger partial charge in [-0.1, -0.05) is 28.4 Å². The normalized spacial score (nSPS) is 10.3. The van der Waals surface area contributed by atoms with Crippen LogP contribution in [0.2, 0.25) is 10.0 Å². The quantitative estimate of drug-likeness (QED) is 0.691. The lowest BCUT2D eigenvalue weighted by molar-refractivity contribution is -0.147. The van der Waals surface area contributed by atoms with Crippen molar-refractivity contribution >= 4 is 52.5 Å². The molecule has 0 aliphatic heterocycles. The Morgan fingerprint density at radius 3 is 2.54 bits per heavy atom. The largest absolute Gasteiger partial charge is 0.456 e. The van der Waals surface area contributed by atoms with Crippen molar-refractivity contribution in [2.24, 2.45) is 0 Å². The molecule has 0 fully saturated rings. The van der Waals surface area contributed by atoms with Crippen molar-refractivity contribution in [3.05, 3.63) is 40.1 Å². The van der Waals surface area contributed by atoms with Gasteiger partial charge in [0.05, 0.1) is 17.1 Å². The molecule has 0 spiro atoms. The number of hydrogen-bond donors (Lipinski definition) is 2. The average molecular weight is 400 g/mol. The average Bonchev–Trinajstić information content (AvgIpc) is 2.98. The Kier molecular flexibility index (Phi) is 6.99. The molecule has 0 aliphatic carbocycles. The van der Waals surface area contributed by atoms with Crippen LogP contribution in [0.5, 0.6) is 0 Å². The number of ether oxygens (including phenoxy) is 1. The summed E-state index contributed by atoms with van der Waals surface area (Å²) in [7, 11) is 0. The molecule has 8 nitrogen and oxygen atoms in total. The van der Waals surface area contributed by atoms with Crippen molar-refractivity contribution in [3.8, 4) is 0 Å². The number of esters is 1. The Balaban J connectivity index is 1.69. The first-order valence-electron chi connectivity index (χ1n) is 7.47. The first-order valence-corrected chi connectivity index (χ1v) is 8.23. The third-order valence-corrected chi connectivity index (χ3v) is 3.57. The van der Waals surface area contributed by atoms with Crippen LogP contribution in [0.4, 0.5) is 11.5 Å². The van der Waals surface area contributed by atoms with Crippen LogP contribution in [0.25, 0.3) is 0 Å². The van der Waals surface area contributed by atoms with Crippen LogP contribution < -0.4 is 10.6 Å². The number of nitrogens with zero attached hydrogens (tertiary/aromatic N) is 1. The lowest BCUT2D eigenvalue weighted by Crippen LogP contribution is -2.22. The summed E-state index contributed by atoms with van der Waals surface area (Å²) in [4.78, 5) is 35.0. The Labute approximate surface area is 158 Å². The number of anilines is 2. The second-order valence-corrected chi connectivity index (χ2v) is 6.05. The van der Waals surface area contributed by atoms with E-state index < -0.39 is 24.4 Å². The van der Waals surface area contributed by atoms with Crippen molar-refractivity contribution in [2.45, 2.75) is 19.8 Å². The topological polar surface area (TPSA) is 111 Å². The first kappa shape index (κ1) is 19.7. The lowest BCUT2D eigenvalue weighted by Gasteiger charge is -2.07. The van der Waals surface area contributed by atoms with Gasteiger partial charge in [-0.3, -0.25) is 14.4 Å². The number of amides is 2. The second-order valence-electron chi connectivity index (χ2n) is 5.20. The fourth-order valence-electron chi connectivity index (χ4n) is 1.84. The molecule has 1 heterocycles. The Hall–Kier alpha value is -2.58. The molecule has 0 radical (unpaired) electrons. The van der Waals surface area contributed by atoms with Crippen molar-refractivity contribution < 1.29 is 23.6 Å². The van der Waals surface area contributed by atoms with Gasteiger partial charge in [0.25, 0.3) is 5.91 Å². The molecule has 0 bridgehead atoms. The number of aromatic nitrogens is 1. The molecule has 0 saturated heterocycles. The summed E-state index contributed by atoms with van der Waals surface area (Å²) in [6, 6.07) is 6.14. The number of hydrogen-bond acceptors (Lipinski definition) is 6. The van der Waals surface area contributed by atoms with Crippen molar-refractivity contribution in [1.29, 1.82) is 0 Å². The van der Waals surface area contributed by atoms with Crippen LogP contribution in [-0.2, 0) is 19.1 Å². The Bertz CT molecular complexity index is 822. The lowest BCUT2D eigenvalue weighted by atomic mass is 10.2. The third-order valence-electron chi connectivity index (χ3n) is 3.02. The zero-order valence-electron chi connectivity index (χ0n) is 13.7. The van der Waals surface area contributed by atoms with Crippen molar-refractivity contribution in [3.63, 3.8) is 0 Å². The van der Waals surface area contributed by atoms with Crippen LogP contribution in [0.1, 0.15) is 18.6 Å². The maximum absolute atomic E-state index is 11.8. The SMILES string of the molecule is Cc1cc(NC(=O)COC(=O)CCC(=O)Nc2ccc(Cl)cc2Cl)no1. The van der Waals surface area contributed by atoms with E-state index in [2.05, 4.69) is 15.8 Å². The van der Waals surface area contributed by atoms with E-state index in [1.165, 1.54) is 12.1 Å². The molecule has 2 aromatic rings. The molecule has 0 aliphatic rings. The van der Waals surface area contributed by atoms with E-state index in [9.17, 15) is 14.4 Å². The molecule has 10 heteroatoms. The van der Waals surface area contributed by atoms with Crippen molar-refractivity contribution in [2.75, 3.05) is 17.2 Å². The van der Waals surface area contributed by atoms with Crippen LogP contribution >= 0.6 is 23.2 Å². The highest BCUT2D eigenvalue weighted by molar-refractivity contribution is 6.36. The number of carbonyl (C=O) groups is 3. The molecule has 0 saturated carbocycles. The highest BCUT2D eigenvalue weighted by atomic mass is 35.5. The summed E-state index contributed by atoms with van der Waals surface area (Å²) in [5.41, 5.74) is 0.386. The van der Waals surface area contributed by atoms with E-state index >= 15 is 0 Å². The fraction of sp³-hybridized carbons (Fsp3) is 0.250. The standard InChI is InChI=1S/C16H15Cl2N3O5/c1-9-6-13(21-26-9)20-15(23)8-25-16(24)5-4-14(22)19-12-3-2-10(17)7-11(12)18/h2-3,6-7H,4-5,8H2,1H3,(H,19,22)(H,20,21,23). The zero-order valence-corrected chi connectivity index (χ0v) is 15.2. The first-order chi connectivity index (χ1) is 12.3. The number of halogens is 2. The molecule has 0 atom stereocenters. The van der Waals surface area contributed by atoms with Gasteiger partial charge in [-0.15, -0.1) is 0 Å². The predicted octanol–water partition coefficient (Wildman–Crippen LogP) is 3.19. The van der Waals surface area contributed by atoms with Gasteiger partial charge in [-0.2, -0.15) is 0 Å². The minimum atomic E-state index is -0.686. The molecule has 1 aromatic carbocycles. The van der Waals surface area contributed by atoms with Gasteiger partial charge in [0.1, 0.15) is 5.76 Å². The van der Waals surface area contributed by atoms with E-state index in [-0.39, 0.29) is 23.7 Å². The van der Waals surface area contributed by atoms with Gasteiger partial charge in [0, 0.05) is 17.5 Å². The van der Waals surface area contributed by atoms with Crippen molar-refractivity contribution in [1.82, 2.24) is 5.16 Å². The molecular formula is C16H15Cl2N3O5. The van der Waals surface area contributed by atoms with Gasteiger partial charge < -0.3 is 19.9 Å². The van der Waals surface area contributed by atoms with E-state index in [4.69, 9.17) is 32.5 Å². The minimum absolute atomic E-state index is 0.123. The summed E-state index contributed by atoms with van der Waals surface area (Å²) in [6.45, 7) is 1.18. The number of nitrogens with one attached hydrogen (secondary N) is 2.